The van der Waals surface area contributed by atoms with Gasteiger partial charge in [0, 0.05) is 17.5 Å². The van der Waals surface area contributed by atoms with Crippen LogP contribution >= 0.6 is 0 Å². The molecule has 0 fully saturated rings. The highest BCUT2D eigenvalue weighted by Crippen LogP contribution is 2.28. The second kappa shape index (κ2) is 7.38. The Labute approximate surface area is 158 Å². The van der Waals surface area contributed by atoms with Crippen LogP contribution in [-0.2, 0) is 15.7 Å². The molecule has 1 heterocycles. The van der Waals surface area contributed by atoms with Gasteiger partial charge in [-0.2, -0.15) is 5.10 Å². The Morgan fingerprint density at radius 1 is 1.22 bits per heavy atom. The average Bonchev–Trinajstić information content (AvgIpc) is 2.97. The lowest BCUT2D eigenvalue weighted by molar-refractivity contribution is -0.384. The lowest BCUT2D eigenvalue weighted by Crippen LogP contribution is -2.28. The van der Waals surface area contributed by atoms with E-state index in [1.54, 1.807) is 10.7 Å². The predicted octanol–water partition coefficient (Wildman–Crippen LogP) is 3.86. The first-order chi connectivity index (χ1) is 12.4. The molecule has 27 heavy (non-hydrogen) atoms. The summed E-state index contributed by atoms with van der Waals surface area (Å²) in [5, 5.41) is 18.3. The van der Waals surface area contributed by atoms with Crippen molar-refractivity contribution in [3.63, 3.8) is 0 Å². The summed E-state index contributed by atoms with van der Waals surface area (Å²) in [5.41, 5.74) is 0.309. The minimum absolute atomic E-state index is 0.0893. The molecule has 0 bridgehead atoms. The maximum atomic E-state index is 12.3. The summed E-state index contributed by atoms with van der Waals surface area (Å²) in [4.78, 5) is 22.6. The topological polar surface area (TPSA) is 99.3 Å². The zero-order valence-electron chi connectivity index (χ0n) is 16.6. The fourth-order valence-corrected chi connectivity index (χ4v) is 2.36. The molecule has 1 aromatic carbocycles. The molecule has 0 spiro atoms. The van der Waals surface area contributed by atoms with Gasteiger partial charge in [0.25, 0.3) is 11.6 Å². The number of nitrogens with one attached hydrogen (secondary N) is 1. The molecule has 146 valence electrons. The molecule has 2 aromatic rings. The molecule has 0 unspecified atom stereocenters. The third-order valence-electron chi connectivity index (χ3n) is 3.78. The van der Waals surface area contributed by atoms with Crippen molar-refractivity contribution in [1.29, 1.82) is 0 Å². The highest BCUT2D eigenvalue weighted by Gasteiger charge is 2.25. The van der Waals surface area contributed by atoms with E-state index in [0.717, 1.165) is 5.69 Å². The molecule has 0 aliphatic rings. The van der Waals surface area contributed by atoms with Crippen molar-refractivity contribution in [3.05, 3.63) is 46.1 Å². The number of aromatic nitrogens is 2. The number of nitro benzene ring substituents is 1. The Bertz CT molecular complexity index is 844. The molecular formula is C19H26N4O4. The van der Waals surface area contributed by atoms with E-state index >= 15 is 0 Å². The molecule has 1 amide bonds. The van der Waals surface area contributed by atoms with Gasteiger partial charge in [0.2, 0.25) is 0 Å². The van der Waals surface area contributed by atoms with E-state index < -0.39 is 4.92 Å². The minimum Gasteiger partial charge on any atom is -0.484 e. The van der Waals surface area contributed by atoms with Gasteiger partial charge in [-0.15, -0.1) is 0 Å². The molecule has 1 aromatic heterocycles. The summed E-state index contributed by atoms with van der Waals surface area (Å²) in [5.74, 6) is 0.478. The first-order valence-electron chi connectivity index (χ1n) is 8.66. The van der Waals surface area contributed by atoms with Crippen molar-refractivity contribution in [1.82, 2.24) is 9.78 Å². The Hall–Kier alpha value is -2.90. The summed E-state index contributed by atoms with van der Waals surface area (Å²) in [6, 6.07) is 7.58. The fourth-order valence-electron chi connectivity index (χ4n) is 2.36. The summed E-state index contributed by atoms with van der Waals surface area (Å²) < 4.78 is 7.16. The molecule has 0 saturated heterocycles. The number of rotatable bonds is 5. The highest BCUT2D eigenvalue weighted by atomic mass is 16.6. The normalized spacial score (nSPS) is 11.9. The molecule has 0 aliphatic carbocycles. The van der Waals surface area contributed by atoms with E-state index in [1.807, 2.05) is 26.8 Å². The van der Waals surface area contributed by atoms with Gasteiger partial charge in [0.15, 0.2) is 6.61 Å². The molecule has 8 heteroatoms. The van der Waals surface area contributed by atoms with Crippen molar-refractivity contribution in [2.75, 3.05) is 11.9 Å². The number of amides is 1. The van der Waals surface area contributed by atoms with Crippen LogP contribution < -0.4 is 10.1 Å². The third kappa shape index (κ3) is 5.29. The second-order valence-electron chi connectivity index (χ2n) is 8.34. The first-order valence-corrected chi connectivity index (χ1v) is 8.66. The van der Waals surface area contributed by atoms with Crippen molar-refractivity contribution < 1.29 is 14.5 Å². The monoisotopic (exact) mass is 374 g/mol. The number of ether oxygens (including phenoxy) is 1. The van der Waals surface area contributed by atoms with E-state index in [0.29, 0.717) is 5.82 Å². The zero-order chi connectivity index (χ0) is 20.4. The number of carbonyl (C=O) groups is 1. The summed E-state index contributed by atoms with van der Waals surface area (Å²) in [6.45, 7) is 11.9. The molecule has 0 aliphatic heterocycles. The Morgan fingerprint density at radius 2 is 1.89 bits per heavy atom. The number of hydrogen-bond acceptors (Lipinski definition) is 5. The summed E-state index contributed by atoms with van der Waals surface area (Å²) in [7, 11) is 0. The third-order valence-corrected chi connectivity index (χ3v) is 3.78. The van der Waals surface area contributed by atoms with E-state index in [9.17, 15) is 14.9 Å². The number of anilines is 1. The van der Waals surface area contributed by atoms with Gasteiger partial charge in [-0.1, -0.05) is 26.8 Å². The van der Waals surface area contributed by atoms with Gasteiger partial charge in [-0.3, -0.25) is 14.9 Å². The van der Waals surface area contributed by atoms with Crippen LogP contribution in [0.3, 0.4) is 0 Å². The maximum absolute atomic E-state index is 12.3. The first kappa shape index (κ1) is 20.4. The van der Waals surface area contributed by atoms with Crippen LogP contribution in [0, 0.1) is 10.1 Å². The Kier molecular flexibility index (Phi) is 5.58. The molecule has 0 radical (unpaired) electrons. The van der Waals surface area contributed by atoms with Crippen LogP contribution in [0.2, 0.25) is 0 Å². The quantitative estimate of drug-likeness (QED) is 0.633. The van der Waals surface area contributed by atoms with Gasteiger partial charge >= 0.3 is 0 Å². The van der Waals surface area contributed by atoms with Crippen molar-refractivity contribution >= 4 is 17.4 Å². The number of nitro groups is 1. The molecule has 1 N–H and O–H groups in total. The number of nitrogens with zero attached hydrogens (tertiary/aromatic N) is 3. The Morgan fingerprint density at radius 3 is 2.44 bits per heavy atom. The smallest absolute Gasteiger partial charge is 0.273 e. The molecule has 0 atom stereocenters. The van der Waals surface area contributed by atoms with Gasteiger partial charge < -0.3 is 10.1 Å². The van der Waals surface area contributed by atoms with Gasteiger partial charge in [-0.05, 0) is 26.8 Å². The number of non-ortho nitro benzene ring substituents is 1. The van der Waals surface area contributed by atoms with Gasteiger partial charge in [-0.25, -0.2) is 4.68 Å². The van der Waals surface area contributed by atoms with Crippen molar-refractivity contribution in [2.45, 2.75) is 52.5 Å². The predicted molar refractivity (Wildman–Crippen MR) is 103 cm³/mol. The van der Waals surface area contributed by atoms with Crippen LogP contribution in [0.25, 0.3) is 0 Å². The largest absolute Gasteiger partial charge is 0.484 e. The zero-order valence-corrected chi connectivity index (χ0v) is 16.6. The average molecular weight is 374 g/mol. The lowest BCUT2D eigenvalue weighted by Gasteiger charge is -2.23. The van der Waals surface area contributed by atoms with Gasteiger partial charge in [0.1, 0.15) is 11.6 Å². The van der Waals surface area contributed by atoms with Crippen LogP contribution in [0.15, 0.2) is 30.3 Å². The number of hydrogen-bond donors (Lipinski definition) is 1. The van der Waals surface area contributed by atoms with Crippen LogP contribution in [-0.4, -0.2) is 27.2 Å². The molecule has 2 rings (SSSR count). The molecular weight excluding hydrogens is 348 g/mol. The van der Waals surface area contributed by atoms with Crippen molar-refractivity contribution in [2.24, 2.45) is 0 Å². The second-order valence-corrected chi connectivity index (χ2v) is 8.34. The maximum Gasteiger partial charge on any atom is 0.273 e. The standard InChI is InChI=1S/C19H26N4O4/c1-18(2,3)15-11-16(22(21-15)19(4,5)6)20-17(24)12-27-14-9-7-8-13(10-14)23(25)26/h7-11H,12H2,1-6H3,(H,20,24). The van der Waals surface area contributed by atoms with Crippen LogP contribution in [0.5, 0.6) is 5.75 Å². The van der Waals surface area contributed by atoms with E-state index in [4.69, 9.17) is 4.74 Å². The summed E-state index contributed by atoms with van der Waals surface area (Å²) >= 11 is 0. The minimum atomic E-state index is -0.511. The highest BCUT2D eigenvalue weighted by molar-refractivity contribution is 5.91. The van der Waals surface area contributed by atoms with Crippen LogP contribution in [0.1, 0.15) is 47.2 Å². The van der Waals surface area contributed by atoms with E-state index in [2.05, 4.69) is 31.2 Å². The van der Waals surface area contributed by atoms with Crippen molar-refractivity contribution in [3.8, 4) is 5.75 Å². The van der Waals surface area contributed by atoms with Gasteiger partial charge in [0.05, 0.1) is 22.2 Å². The molecule has 8 nitrogen and oxygen atoms in total. The lowest BCUT2D eigenvalue weighted by atomic mass is 9.92. The Balaban J connectivity index is 2.12. The van der Waals surface area contributed by atoms with Crippen LogP contribution in [0.4, 0.5) is 11.5 Å². The molecule has 0 saturated carbocycles. The SMILES string of the molecule is CC(C)(C)c1cc(NC(=O)COc2cccc([N+](=O)[O-])c2)n(C(C)(C)C)n1. The summed E-state index contributed by atoms with van der Waals surface area (Å²) in [6.07, 6.45) is 0. The number of benzene rings is 1. The van der Waals surface area contributed by atoms with E-state index in [1.165, 1.54) is 18.2 Å². The fraction of sp³-hybridized carbons (Fsp3) is 0.474. The number of carbonyl (C=O) groups excluding carboxylic acids is 1. The van der Waals surface area contributed by atoms with E-state index in [-0.39, 0.29) is 34.9 Å².